The first kappa shape index (κ1) is 15.7. The van der Waals surface area contributed by atoms with Crippen LogP contribution in [0.2, 0.25) is 0 Å². The van der Waals surface area contributed by atoms with Crippen molar-refractivity contribution in [1.82, 2.24) is 4.90 Å². The molecule has 0 fully saturated rings. The molecule has 1 rings (SSSR count). The average Bonchev–Trinajstić information content (AvgIpc) is 2.37. The summed E-state index contributed by atoms with van der Waals surface area (Å²) in [6.45, 7) is 8.65. The number of ether oxygens (including phenoxy) is 1. The molecular formula is C15H23NO3. The van der Waals surface area contributed by atoms with E-state index in [2.05, 4.69) is 18.7 Å². The van der Waals surface area contributed by atoms with E-state index in [9.17, 15) is 4.79 Å². The lowest BCUT2D eigenvalue weighted by Gasteiger charge is -2.28. The fourth-order valence-electron chi connectivity index (χ4n) is 2.15. The molecule has 19 heavy (non-hydrogen) atoms. The quantitative estimate of drug-likeness (QED) is 0.823. The number of aromatic carboxylic acids is 1. The van der Waals surface area contributed by atoms with Crippen molar-refractivity contribution < 1.29 is 14.6 Å². The largest absolute Gasteiger partial charge is 0.478 e. The molecule has 4 nitrogen and oxygen atoms in total. The highest BCUT2D eigenvalue weighted by Crippen LogP contribution is 2.15. The molecule has 1 unspecified atom stereocenters. The molecular weight excluding hydrogens is 242 g/mol. The molecule has 106 valence electrons. The molecule has 1 atom stereocenters. The predicted molar refractivity (Wildman–Crippen MR) is 75.6 cm³/mol. The first-order valence-corrected chi connectivity index (χ1v) is 6.55. The van der Waals surface area contributed by atoms with E-state index in [1.807, 2.05) is 13.0 Å². The third-order valence-corrected chi connectivity index (χ3v) is 3.40. The zero-order valence-electron chi connectivity index (χ0n) is 12.1. The highest BCUT2D eigenvalue weighted by molar-refractivity contribution is 5.87. The van der Waals surface area contributed by atoms with E-state index >= 15 is 0 Å². The summed E-state index contributed by atoms with van der Waals surface area (Å²) in [5.41, 5.74) is 2.52. The van der Waals surface area contributed by atoms with Crippen LogP contribution in [0.1, 0.15) is 35.3 Å². The van der Waals surface area contributed by atoms with E-state index in [1.165, 1.54) is 0 Å². The normalized spacial score (nSPS) is 12.7. The Morgan fingerprint density at radius 1 is 1.47 bits per heavy atom. The molecule has 0 spiro atoms. The van der Waals surface area contributed by atoms with Crippen LogP contribution in [-0.2, 0) is 11.3 Å². The maximum Gasteiger partial charge on any atom is 0.335 e. The van der Waals surface area contributed by atoms with Gasteiger partial charge in [0.05, 0.1) is 12.2 Å². The minimum atomic E-state index is -0.880. The monoisotopic (exact) mass is 265 g/mol. The van der Waals surface area contributed by atoms with Crippen molar-refractivity contribution in [2.24, 2.45) is 0 Å². The summed E-state index contributed by atoms with van der Waals surface area (Å²) in [4.78, 5) is 13.2. The number of nitrogens with zero attached hydrogens (tertiary/aromatic N) is 1. The SMILES string of the molecule is CCN(Cc1ccc(C(=O)O)cc1C)C(C)COC. The number of rotatable bonds is 7. The maximum absolute atomic E-state index is 10.9. The summed E-state index contributed by atoms with van der Waals surface area (Å²) in [5.74, 6) is -0.880. The molecule has 0 saturated carbocycles. The zero-order valence-corrected chi connectivity index (χ0v) is 12.1. The van der Waals surface area contributed by atoms with Crippen molar-refractivity contribution >= 4 is 5.97 Å². The van der Waals surface area contributed by atoms with Gasteiger partial charge < -0.3 is 9.84 Å². The Morgan fingerprint density at radius 2 is 2.16 bits per heavy atom. The summed E-state index contributed by atoms with van der Waals surface area (Å²) in [5, 5.41) is 8.96. The second-order valence-corrected chi connectivity index (χ2v) is 4.81. The number of aryl methyl sites for hydroxylation is 1. The van der Waals surface area contributed by atoms with Crippen molar-refractivity contribution in [3.8, 4) is 0 Å². The van der Waals surface area contributed by atoms with Gasteiger partial charge in [0, 0.05) is 19.7 Å². The van der Waals surface area contributed by atoms with Gasteiger partial charge in [-0.2, -0.15) is 0 Å². The summed E-state index contributed by atoms with van der Waals surface area (Å²) < 4.78 is 5.19. The van der Waals surface area contributed by atoms with Gasteiger partial charge in [0.2, 0.25) is 0 Å². The molecule has 0 aliphatic heterocycles. The molecule has 0 saturated heterocycles. The minimum absolute atomic E-state index is 0.341. The first-order valence-electron chi connectivity index (χ1n) is 6.55. The van der Waals surface area contributed by atoms with Crippen LogP contribution < -0.4 is 0 Å². The smallest absolute Gasteiger partial charge is 0.335 e. The van der Waals surface area contributed by atoms with Crippen LogP contribution in [-0.4, -0.2) is 42.3 Å². The first-order chi connectivity index (χ1) is 8.99. The molecule has 0 radical (unpaired) electrons. The van der Waals surface area contributed by atoms with Crippen LogP contribution in [0.15, 0.2) is 18.2 Å². The lowest BCUT2D eigenvalue weighted by molar-refractivity contribution is 0.0696. The van der Waals surface area contributed by atoms with Gasteiger partial charge in [-0.05, 0) is 43.7 Å². The standard InChI is InChI=1S/C15H23NO3/c1-5-16(12(3)10-19-4)9-14-7-6-13(15(17)18)8-11(14)2/h6-8,12H,5,9-10H2,1-4H3,(H,17,18). The number of benzene rings is 1. The van der Waals surface area contributed by atoms with Gasteiger partial charge >= 0.3 is 5.97 Å². The van der Waals surface area contributed by atoms with Gasteiger partial charge in [0.25, 0.3) is 0 Å². The number of carboxylic acids is 1. The van der Waals surface area contributed by atoms with Gasteiger partial charge in [-0.25, -0.2) is 4.79 Å². The van der Waals surface area contributed by atoms with Crippen LogP contribution >= 0.6 is 0 Å². The van der Waals surface area contributed by atoms with E-state index in [-0.39, 0.29) is 0 Å². The molecule has 4 heteroatoms. The topological polar surface area (TPSA) is 49.8 Å². The number of likely N-dealkylation sites (N-methyl/N-ethyl adjacent to an activating group) is 1. The summed E-state index contributed by atoms with van der Waals surface area (Å²) in [7, 11) is 1.71. The Balaban J connectivity index is 2.83. The second kappa shape index (κ2) is 7.26. The van der Waals surface area contributed by atoms with E-state index in [0.29, 0.717) is 18.2 Å². The Labute approximate surface area is 115 Å². The van der Waals surface area contributed by atoms with Crippen molar-refractivity contribution in [2.75, 3.05) is 20.3 Å². The van der Waals surface area contributed by atoms with Crippen LogP contribution in [0.4, 0.5) is 0 Å². The van der Waals surface area contributed by atoms with Crippen LogP contribution in [0.25, 0.3) is 0 Å². The third kappa shape index (κ3) is 4.33. The number of methoxy groups -OCH3 is 1. The van der Waals surface area contributed by atoms with E-state index in [4.69, 9.17) is 9.84 Å². The third-order valence-electron chi connectivity index (χ3n) is 3.40. The van der Waals surface area contributed by atoms with E-state index < -0.39 is 5.97 Å². The molecule has 0 amide bonds. The molecule has 0 heterocycles. The Kier molecular flexibility index (Phi) is 5.99. The Bertz CT molecular complexity index is 431. The molecule has 1 N–H and O–H groups in total. The molecule has 0 aliphatic rings. The van der Waals surface area contributed by atoms with Gasteiger partial charge in [-0.15, -0.1) is 0 Å². The second-order valence-electron chi connectivity index (χ2n) is 4.81. The number of hydrogen-bond acceptors (Lipinski definition) is 3. The van der Waals surface area contributed by atoms with E-state index in [0.717, 1.165) is 24.2 Å². The number of carbonyl (C=O) groups is 1. The fraction of sp³-hybridized carbons (Fsp3) is 0.533. The van der Waals surface area contributed by atoms with Crippen molar-refractivity contribution in [3.05, 3.63) is 34.9 Å². The zero-order chi connectivity index (χ0) is 14.4. The molecule has 1 aromatic rings. The summed E-state index contributed by atoms with van der Waals surface area (Å²) >= 11 is 0. The molecule has 0 bridgehead atoms. The number of carboxylic acid groups (broad SMARTS) is 1. The van der Waals surface area contributed by atoms with Crippen LogP contribution in [0.3, 0.4) is 0 Å². The van der Waals surface area contributed by atoms with E-state index in [1.54, 1.807) is 19.2 Å². The van der Waals surface area contributed by atoms with Crippen LogP contribution in [0, 0.1) is 6.92 Å². The number of hydrogen-bond donors (Lipinski definition) is 1. The van der Waals surface area contributed by atoms with Crippen molar-refractivity contribution in [3.63, 3.8) is 0 Å². The van der Waals surface area contributed by atoms with Gasteiger partial charge in [-0.3, -0.25) is 4.90 Å². The minimum Gasteiger partial charge on any atom is -0.478 e. The van der Waals surface area contributed by atoms with Gasteiger partial charge in [-0.1, -0.05) is 13.0 Å². The maximum atomic E-state index is 10.9. The van der Waals surface area contributed by atoms with Crippen molar-refractivity contribution in [2.45, 2.75) is 33.4 Å². The average molecular weight is 265 g/mol. The highest BCUT2D eigenvalue weighted by Gasteiger charge is 2.14. The lowest BCUT2D eigenvalue weighted by atomic mass is 10.0. The van der Waals surface area contributed by atoms with Gasteiger partial charge in [0.1, 0.15) is 0 Å². The lowest BCUT2D eigenvalue weighted by Crippen LogP contribution is -2.35. The summed E-state index contributed by atoms with van der Waals surface area (Å²) in [6.07, 6.45) is 0. The van der Waals surface area contributed by atoms with Crippen molar-refractivity contribution in [1.29, 1.82) is 0 Å². The highest BCUT2D eigenvalue weighted by atomic mass is 16.5. The summed E-state index contributed by atoms with van der Waals surface area (Å²) in [6, 6.07) is 5.64. The molecule has 1 aromatic carbocycles. The molecule has 0 aromatic heterocycles. The van der Waals surface area contributed by atoms with Crippen LogP contribution in [0.5, 0.6) is 0 Å². The Hall–Kier alpha value is -1.39. The fourth-order valence-corrected chi connectivity index (χ4v) is 2.15. The predicted octanol–water partition coefficient (Wildman–Crippen LogP) is 2.55. The Morgan fingerprint density at radius 3 is 2.63 bits per heavy atom. The van der Waals surface area contributed by atoms with Gasteiger partial charge in [0.15, 0.2) is 0 Å². The molecule has 0 aliphatic carbocycles.